The lowest BCUT2D eigenvalue weighted by molar-refractivity contribution is -0.126. The van der Waals surface area contributed by atoms with Crippen LogP contribution in [0, 0.1) is 0 Å². The number of aromatic nitrogens is 1. The summed E-state index contributed by atoms with van der Waals surface area (Å²) in [5, 5.41) is 16.3. The Kier molecular flexibility index (Phi) is 6.32. The van der Waals surface area contributed by atoms with Crippen LogP contribution >= 0.6 is 0 Å². The largest absolute Gasteiger partial charge is 0.497 e. The highest BCUT2D eigenvalue weighted by atomic mass is 16.5. The molecule has 0 fully saturated rings. The van der Waals surface area contributed by atoms with Crippen LogP contribution in [0.2, 0.25) is 0 Å². The van der Waals surface area contributed by atoms with Gasteiger partial charge in [0.2, 0.25) is 11.8 Å². The summed E-state index contributed by atoms with van der Waals surface area (Å²) >= 11 is 0. The molecule has 2 amide bonds. The Hall–Kier alpha value is -4.24. The number of rotatable bonds is 7. The maximum atomic E-state index is 12.6. The van der Waals surface area contributed by atoms with Gasteiger partial charge in [-0.2, -0.15) is 0 Å². The van der Waals surface area contributed by atoms with Gasteiger partial charge in [0.15, 0.2) is 0 Å². The van der Waals surface area contributed by atoms with Crippen molar-refractivity contribution in [2.45, 2.75) is 12.5 Å². The van der Waals surface area contributed by atoms with Crippen molar-refractivity contribution in [3.8, 4) is 5.75 Å². The minimum absolute atomic E-state index is 0.181. The van der Waals surface area contributed by atoms with Gasteiger partial charge in [0.05, 0.1) is 25.7 Å². The van der Waals surface area contributed by atoms with E-state index in [0.29, 0.717) is 22.4 Å². The summed E-state index contributed by atoms with van der Waals surface area (Å²) in [4.78, 5) is 41.4. The zero-order chi connectivity index (χ0) is 23.4. The third kappa shape index (κ3) is 4.99. The Morgan fingerprint density at radius 1 is 1.15 bits per heavy atom. The molecular formula is C24H21N3O6. The zero-order valence-electron chi connectivity index (χ0n) is 17.7. The van der Waals surface area contributed by atoms with Crippen molar-refractivity contribution in [2.75, 3.05) is 19.0 Å². The van der Waals surface area contributed by atoms with Crippen molar-refractivity contribution >= 4 is 39.4 Å². The molecule has 9 heteroatoms. The van der Waals surface area contributed by atoms with Crippen molar-refractivity contribution in [1.82, 2.24) is 10.3 Å². The molecule has 1 unspecified atom stereocenters. The first-order valence-electron chi connectivity index (χ1n) is 10.1. The number of methoxy groups -OCH3 is 1. The van der Waals surface area contributed by atoms with Crippen LogP contribution in [-0.2, 0) is 16.0 Å². The molecule has 33 heavy (non-hydrogen) atoms. The Morgan fingerprint density at radius 3 is 2.79 bits per heavy atom. The van der Waals surface area contributed by atoms with Gasteiger partial charge in [-0.05, 0) is 42.0 Å². The van der Waals surface area contributed by atoms with Crippen LogP contribution in [0.3, 0.4) is 0 Å². The molecule has 0 saturated carbocycles. The second kappa shape index (κ2) is 9.49. The molecular weight excluding hydrogens is 426 g/mol. The number of fused-ring (bicyclic) bond motifs is 2. The fourth-order valence-electron chi connectivity index (χ4n) is 3.48. The van der Waals surface area contributed by atoms with Gasteiger partial charge in [-0.15, -0.1) is 0 Å². The highest BCUT2D eigenvalue weighted by molar-refractivity contribution is 5.99. The molecule has 3 N–H and O–H groups in total. The number of benzene rings is 2. The smallest absolute Gasteiger partial charge is 0.336 e. The van der Waals surface area contributed by atoms with Crippen LogP contribution in [0.15, 0.2) is 70.0 Å². The molecule has 168 valence electrons. The molecule has 0 aliphatic heterocycles. The molecule has 1 atom stereocenters. The first-order valence-corrected chi connectivity index (χ1v) is 10.1. The van der Waals surface area contributed by atoms with E-state index < -0.39 is 30.1 Å². The predicted octanol–water partition coefficient (Wildman–Crippen LogP) is 2.01. The number of amides is 2. The summed E-state index contributed by atoms with van der Waals surface area (Å²) in [6, 6.07) is 13.8. The highest BCUT2D eigenvalue weighted by Gasteiger charge is 2.21. The van der Waals surface area contributed by atoms with Gasteiger partial charge < -0.3 is 24.9 Å². The maximum absolute atomic E-state index is 12.6. The second-order valence-corrected chi connectivity index (χ2v) is 7.33. The number of nitrogens with one attached hydrogen (secondary N) is 2. The number of nitrogens with zero attached hydrogens (tertiary/aromatic N) is 1. The van der Waals surface area contributed by atoms with E-state index in [1.165, 1.54) is 13.2 Å². The Bertz CT molecular complexity index is 1400. The Morgan fingerprint density at radius 2 is 2.00 bits per heavy atom. The van der Waals surface area contributed by atoms with Gasteiger partial charge in [-0.3, -0.25) is 14.6 Å². The zero-order valence-corrected chi connectivity index (χ0v) is 17.7. The molecule has 0 aliphatic carbocycles. The number of hydrogen-bond donors (Lipinski definition) is 3. The number of aliphatic hydroxyl groups excluding tert-OH is 1. The molecule has 2 aromatic heterocycles. The van der Waals surface area contributed by atoms with E-state index >= 15 is 0 Å². The molecule has 0 radical (unpaired) electrons. The van der Waals surface area contributed by atoms with E-state index in [2.05, 4.69) is 15.6 Å². The van der Waals surface area contributed by atoms with Crippen molar-refractivity contribution in [3.63, 3.8) is 0 Å². The number of hydrogen-bond acceptors (Lipinski definition) is 7. The molecule has 4 aromatic rings. The number of anilines is 1. The van der Waals surface area contributed by atoms with E-state index in [-0.39, 0.29) is 12.0 Å². The summed E-state index contributed by atoms with van der Waals surface area (Å²) in [6.07, 6.45) is 1.49. The fourth-order valence-corrected chi connectivity index (χ4v) is 3.48. The van der Waals surface area contributed by atoms with Crippen LogP contribution in [0.5, 0.6) is 5.75 Å². The van der Waals surface area contributed by atoms with E-state index in [9.17, 15) is 19.5 Å². The van der Waals surface area contributed by atoms with Crippen molar-refractivity contribution in [1.29, 1.82) is 0 Å². The lowest BCUT2D eigenvalue weighted by Gasteiger charge is -2.17. The molecule has 0 spiro atoms. The topological polar surface area (TPSA) is 131 Å². The minimum atomic E-state index is -1.17. The lowest BCUT2D eigenvalue weighted by Crippen LogP contribution is -2.46. The standard InChI is InChI=1S/C24H21N3O6/c1-32-17-5-6-18-15(11-23(30)33-21(18)12-17)10-22(29)27-20(13-28)24(31)26-16-4-7-19-14(9-16)3-2-8-25-19/h2-9,11-12,20,28H,10,13H2,1H3,(H,26,31)(H,27,29). The number of aliphatic hydroxyl groups is 1. The van der Waals surface area contributed by atoms with Gasteiger partial charge in [0.25, 0.3) is 0 Å². The average Bonchev–Trinajstić information content (AvgIpc) is 2.81. The Labute approximate surface area is 188 Å². The highest BCUT2D eigenvalue weighted by Crippen LogP contribution is 2.23. The van der Waals surface area contributed by atoms with Gasteiger partial charge >= 0.3 is 5.63 Å². The third-order valence-corrected chi connectivity index (χ3v) is 5.09. The van der Waals surface area contributed by atoms with Gasteiger partial charge in [-0.25, -0.2) is 4.79 Å². The molecule has 9 nitrogen and oxygen atoms in total. The van der Waals surface area contributed by atoms with Gasteiger partial charge in [0, 0.05) is 34.8 Å². The van der Waals surface area contributed by atoms with Crippen LogP contribution in [-0.4, -0.2) is 41.7 Å². The predicted molar refractivity (Wildman–Crippen MR) is 122 cm³/mol. The van der Waals surface area contributed by atoms with Crippen molar-refractivity contribution in [2.24, 2.45) is 0 Å². The SMILES string of the molecule is COc1ccc2c(CC(=O)NC(CO)C(=O)Nc3ccc4ncccc4c3)cc(=O)oc2c1. The monoisotopic (exact) mass is 447 g/mol. The maximum Gasteiger partial charge on any atom is 0.336 e. The number of pyridine rings is 1. The van der Waals surface area contributed by atoms with Gasteiger partial charge in [0.1, 0.15) is 17.4 Å². The fraction of sp³-hybridized carbons (Fsp3) is 0.167. The number of ether oxygens (including phenoxy) is 1. The first kappa shape index (κ1) is 22.0. The molecule has 0 bridgehead atoms. The first-order chi connectivity index (χ1) is 16.0. The van der Waals surface area contributed by atoms with Crippen LogP contribution in [0.25, 0.3) is 21.9 Å². The summed E-state index contributed by atoms with van der Waals surface area (Å²) in [7, 11) is 1.49. The van der Waals surface area contributed by atoms with E-state index in [0.717, 1.165) is 10.9 Å². The minimum Gasteiger partial charge on any atom is -0.497 e. The summed E-state index contributed by atoms with van der Waals surface area (Å²) in [6.45, 7) is -0.596. The summed E-state index contributed by atoms with van der Waals surface area (Å²) in [5.74, 6) is -0.598. The lowest BCUT2D eigenvalue weighted by atomic mass is 10.1. The molecule has 0 saturated heterocycles. The number of carbonyl (C=O) groups is 2. The number of carbonyl (C=O) groups excluding carboxylic acids is 2. The second-order valence-electron chi connectivity index (χ2n) is 7.33. The van der Waals surface area contributed by atoms with E-state index in [1.807, 2.05) is 6.07 Å². The van der Waals surface area contributed by atoms with Crippen molar-refractivity contribution in [3.05, 3.63) is 76.8 Å². The van der Waals surface area contributed by atoms with Crippen LogP contribution < -0.4 is 21.0 Å². The van der Waals surface area contributed by atoms with Crippen LogP contribution in [0.1, 0.15) is 5.56 Å². The third-order valence-electron chi connectivity index (χ3n) is 5.09. The molecule has 2 heterocycles. The normalized spacial score (nSPS) is 11.8. The molecule has 0 aliphatic rings. The van der Waals surface area contributed by atoms with Crippen molar-refractivity contribution < 1.29 is 23.8 Å². The van der Waals surface area contributed by atoms with E-state index in [4.69, 9.17) is 9.15 Å². The average molecular weight is 447 g/mol. The van der Waals surface area contributed by atoms with Crippen LogP contribution in [0.4, 0.5) is 5.69 Å². The Balaban J connectivity index is 1.47. The summed E-state index contributed by atoms with van der Waals surface area (Å²) in [5.41, 5.74) is 1.39. The summed E-state index contributed by atoms with van der Waals surface area (Å²) < 4.78 is 10.3. The quantitative estimate of drug-likeness (QED) is 0.369. The van der Waals surface area contributed by atoms with E-state index in [1.54, 1.807) is 48.7 Å². The van der Waals surface area contributed by atoms with Gasteiger partial charge in [-0.1, -0.05) is 6.07 Å². The molecule has 2 aromatic carbocycles. The molecule has 4 rings (SSSR count).